The minimum atomic E-state index is 0.361. The smallest absolute Gasteiger partial charge is 0.0849 e. The number of aryl methyl sites for hydroxylation is 2. The van der Waals surface area contributed by atoms with E-state index in [-0.39, 0.29) is 0 Å². The van der Waals surface area contributed by atoms with Gasteiger partial charge in [0.1, 0.15) is 0 Å². The van der Waals surface area contributed by atoms with E-state index in [9.17, 15) is 0 Å². The van der Waals surface area contributed by atoms with Gasteiger partial charge < -0.3 is 0 Å². The minimum Gasteiger partial charge on any atom is -0.251 e. The Morgan fingerprint density at radius 3 is 1.42 bits per heavy atom. The number of hydrogen-bond acceptors (Lipinski definition) is 3. The molecule has 0 saturated carbocycles. The summed E-state index contributed by atoms with van der Waals surface area (Å²) in [5.41, 5.74) is 10.4. The fourth-order valence-corrected chi connectivity index (χ4v) is 4.64. The molecule has 0 bridgehead atoms. The molecule has 0 amide bonds. The van der Waals surface area contributed by atoms with Crippen LogP contribution in [-0.4, -0.2) is 16.4 Å². The van der Waals surface area contributed by atoms with Crippen LogP contribution >= 0.6 is 0 Å². The number of allylic oxidation sites excluding steroid dienone is 8. The summed E-state index contributed by atoms with van der Waals surface area (Å²) in [5.74, 6) is 0.722. The van der Waals surface area contributed by atoms with Gasteiger partial charge >= 0.3 is 0 Å². The molecule has 3 heteroatoms. The summed E-state index contributed by atoms with van der Waals surface area (Å²) >= 11 is 0. The molecule has 0 spiro atoms. The van der Waals surface area contributed by atoms with Crippen LogP contribution in [0.5, 0.6) is 0 Å². The van der Waals surface area contributed by atoms with E-state index in [2.05, 4.69) is 98.9 Å². The molecule has 36 heavy (non-hydrogen) atoms. The molecule has 2 aliphatic carbocycles. The maximum absolute atomic E-state index is 4.91. The van der Waals surface area contributed by atoms with Crippen LogP contribution in [0.2, 0.25) is 0 Å². The molecule has 1 aromatic heterocycles. The van der Waals surface area contributed by atoms with Crippen LogP contribution in [0.3, 0.4) is 0 Å². The fraction of sp³-hybridized carbons (Fsp3) is 0.182. The highest BCUT2D eigenvalue weighted by Crippen LogP contribution is 2.29. The van der Waals surface area contributed by atoms with Crippen LogP contribution < -0.4 is 0 Å². The van der Waals surface area contributed by atoms with Gasteiger partial charge in [-0.2, -0.15) is 0 Å². The molecule has 3 nitrogen and oxygen atoms in total. The highest BCUT2D eigenvalue weighted by atomic mass is 14.8. The highest BCUT2D eigenvalue weighted by Gasteiger charge is 2.11. The van der Waals surface area contributed by atoms with Crippen LogP contribution in [0, 0.1) is 13.8 Å². The third-order valence-corrected chi connectivity index (χ3v) is 6.77. The summed E-state index contributed by atoms with van der Waals surface area (Å²) in [5, 5.41) is 0. The quantitative estimate of drug-likeness (QED) is 0.334. The number of nitrogens with zero attached hydrogens (tertiary/aromatic N) is 3. The topological polar surface area (TPSA) is 37.6 Å². The van der Waals surface area contributed by atoms with Crippen LogP contribution in [-0.2, 0) is 0 Å². The van der Waals surface area contributed by atoms with Gasteiger partial charge in [0.15, 0.2) is 0 Å². The first kappa shape index (κ1) is 23.6. The average molecular weight is 470 g/mol. The molecule has 3 aromatic rings. The molecule has 5 rings (SSSR count). The van der Waals surface area contributed by atoms with Crippen molar-refractivity contribution in [2.75, 3.05) is 0 Å². The zero-order valence-electron chi connectivity index (χ0n) is 21.3. The summed E-state index contributed by atoms with van der Waals surface area (Å²) in [6.07, 6.45) is 17.2. The molecule has 178 valence electrons. The van der Waals surface area contributed by atoms with Crippen molar-refractivity contribution in [1.29, 1.82) is 0 Å². The first-order valence-corrected chi connectivity index (χ1v) is 12.5. The second-order valence-electron chi connectivity index (χ2n) is 9.49. The number of hydrogen-bond donors (Lipinski definition) is 0. The van der Waals surface area contributed by atoms with Crippen LogP contribution in [0.25, 0.3) is 0 Å². The Bertz CT molecular complexity index is 1350. The molecular formula is C33H31N3. The number of benzene rings is 2. The monoisotopic (exact) mass is 469 g/mol. The molecule has 1 heterocycles. The Labute approximate surface area is 214 Å². The molecule has 0 radical (unpaired) electrons. The van der Waals surface area contributed by atoms with Gasteiger partial charge in [0.05, 0.1) is 34.2 Å². The fourth-order valence-electron chi connectivity index (χ4n) is 4.64. The summed E-state index contributed by atoms with van der Waals surface area (Å²) in [7, 11) is 0. The zero-order valence-corrected chi connectivity index (χ0v) is 21.3. The van der Waals surface area contributed by atoms with Crippen LogP contribution in [0.1, 0.15) is 59.3 Å². The van der Waals surface area contributed by atoms with E-state index in [1.165, 1.54) is 11.1 Å². The maximum Gasteiger partial charge on any atom is 0.0849 e. The van der Waals surface area contributed by atoms with E-state index in [1.54, 1.807) is 0 Å². The molecule has 0 unspecified atom stereocenters. The van der Waals surface area contributed by atoms with E-state index in [1.807, 2.05) is 32.0 Å². The number of aromatic nitrogens is 1. The van der Waals surface area contributed by atoms with E-state index in [4.69, 9.17) is 15.0 Å². The van der Waals surface area contributed by atoms with E-state index in [0.29, 0.717) is 11.8 Å². The standard InChI is InChI=1S/C33H31N3/c1-22-20-28(26-10-5-6-11-26)16-18-30(22)34-24(3)32-14-9-15-33(36-32)25(4)35-31-19-17-29(21-23(31)2)27-12-7-8-13-27/h5-21,26-27H,1-4H3. The Morgan fingerprint density at radius 1 is 0.611 bits per heavy atom. The predicted molar refractivity (Wildman–Crippen MR) is 152 cm³/mol. The lowest BCUT2D eigenvalue weighted by molar-refractivity contribution is 1.10. The van der Waals surface area contributed by atoms with E-state index < -0.39 is 0 Å². The second kappa shape index (κ2) is 10.2. The van der Waals surface area contributed by atoms with Crippen molar-refractivity contribution < 1.29 is 0 Å². The lowest BCUT2D eigenvalue weighted by Gasteiger charge is -2.11. The lowest BCUT2D eigenvalue weighted by Crippen LogP contribution is -2.05. The third-order valence-electron chi connectivity index (χ3n) is 6.77. The molecule has 0 aliphatic heterocycles. The Morgan fingerprint density at radius 2 is 1.03 bits per heavy atom. The molecule has 0 N–H and O–H groups in total. The van der Waals surface area contributed by atoms with E-state index >= 15 is 0 Å². The molecule has 2 aromatic carbocycles. The van der Waals surface area contributed by atoms with Gasteiger partial charge in [-0.05, 0) is 74.2 Å². The Hall–Kier alpha value is -4.11. The first-order chi connectivity index (χ1) is 17.5. The van der Waals surface area contributed by atoms with Crippen molar-refractivity contribution in [3.8, 4) is 0 Å². The summed E-state index contributed by atoms with van der Waals surface area (Å²) in [6.45, 7) is 8.27. The molecule has 0 fully saturated rings. The van der Waals surface area contributed by atoms with Gasteiger partial charge in [-0.3, -0.25) is 9.98 Å². The predicted octanol–water partition coefficient (Wildman–Crippen LogP) is 8.40. The molecule has 0 saturated heterocycles. The largest absolute Gasteiger partial charge is 0.251 e. The number of rotatable bonds is 6. The van der Waals surface area contributed by atoms with Crippen molar-refractivity contribution in [3.63, 3.8) is 0 Å². The second-order valence-corrected chi connectivity index (χ2v) is 9.49. The van der Waals surface area contributed by atoms with Gasteiger partial charge in [0.25, 0.3) is 0 Å². The van der Waals surface area contributed by atoms with Gasteiger partial charge in [0.2, 0.25) is 0 Å². The molecular weight excluding hydrogens is 438 g/mol. The SMILES string of the molecule is CC(=Nc1ccc(C2C=CC=C2)cc1C)c1cccc(C(C)=Nc2ccc(C3C=CC=C3)cc2C)n1. The number of aliphatic imine (C=N–C) groups is 2. The minimum absolute atomic E-state index is 0.361. The van der Waals surface area contributed by atoms with E-state index in [0.717, 1.165) is 45.3 Å². The lowest BCUT2D eigenvalue weighted by atomic mass is 9.98. The normalized spacial score (nSPS) is 16.0. The van der Waals surface area contributed by atoms with Gasteiger partial charge in [-0.25, -0.2) is 4.98 Å². The molecule has 2 aliphatic rings. The van der Waals surface area contributed by atoms with Crippen LogP contribution in [0.15, 0.2) is 113 Å². The average Bonchev–Trinajstić information content (AvgIpc) is 3.61. The van der Waals surface area contributed by atoms with Crippen molar-refractivity contribution in [2.45, 2.75) is 39.5 Å². The molecule has 0 atom stereocenters. The van der Waals surface area contributed by atoms with Crippen molar-refractivity contribution in [1.82, 2.24) is 4.98 Å². The van der Waals surface area contributed by atoms with Gasteiger partial charge in [-0.15, -0.1) is 0 Å². The van der Waals surface area contributed by atoms with Gasteiger partial charge in [-0.1, -0.05) is 78.9 Å². The van der Waals surface area contributed by atoms with Crippen molar-refractivity contribution in [3.05, 3.63) is 137 Å². The summed E-state index contributed by atoms with van der Waals surface area (Å²) in [6, 6.07) is 19.0. The van der Waals surface area contributed by atoms with Gasteiger partial charge in [0, 0.05) is 11.8 Å². The maximum atomic E-state index is 4.91. The van der Waals surface area contributed by atoms with Crippen molar-refractivity contribution >= 4 is 22.8 Å². The Balaban J connectivity index is 1.37. The summed E-state index contributed by atoms with van der Waals surface area (Å²) in [4.78, 5) is 14.7. The zero-order chi connectivity index (χ0) is 25.1. The Kier molecular flexibility index (Phi) is 6.73. The third kappa shape index (κ3) is 5.11. The van der Waals surface area contributed by atoms with Crippen molar-refractivity contribution in [2.24, 2.45) is 9.98 Å². The highest BCUT2D eigenvalue weighted by molar-refractivity contribution is 6.02. The first-order valence-electron chi connectivity index (χ1n) is 12.5. The summed E-state index contributed by atoms with van der Waals surface area (Å²) < 4.78 is 0. The van der Waals surface area contributed by atoms with Crippen LogP contribution in [0.4, 0.5) is 11.4 Å². The number of pyridine rings is 1.